The zero-order valence-corrected chi connectivity index (χ0v) is 15.6. The van der Waals surface area contributed by atoms with Crippen LogP contribution in [0.3, 0.4) is 0 Å². The monoisotopic (exact) mass is 395 g/mol. The average Bonchev–Trinajstić information content (AvgIpc) is 2.85. The van der Waals surface area contributed by atoms with E-state index in [1.54, 1.807) is 24.3 Å². The van der Waals surface area contributed by atoms with Gasteiger partial charge in [-0.3, -0.25) is 4.79 Å². The quantitative estimate of drug-likeness (QED) is 0.753. The third kappa shape index (κ3) is 5.19. The van der Waals surface area contributed by atoms with Gasteiger partial charge >= 0.3 is 0 Å². The molecule has 2 aromatic carbocycles. The molecule has 5 nitrogen and oxygen atoms in total. The number of ether oxygens (including phenoxy) is 3. The molecule has 0 unspecified atom stereocenters. The number of rotatable bonds is 6. The van der Waals surface area contributed by atoms with Crippen LogP contribution in [0.2, 0.25) is 10.0 Å². The number of hydrogen-bond acceptors (Lipinski definition) is 4. The lowest BCUT2D eigenvalue weighted by molar-refractivity contribution is -0.120. The first kappa shape index (κ1) is 18.7. The second-order valence-corrected chi connectivity index (χ2v) is 6.63. The van der Waals surface area contributed by atoms with E-state index >= 15 is 0 Å². The van der Waals surface area contributed by atoms with E-state index in [1.807, 2.05) is 12.1 Å². The van der Waals surface area contributed by atoms with Gasteiger partial charge in [0, 0.05) is 11.4 Å². The normalized spacial score (nSPS) is 13.0. The second kappa shape index (κ2) is 9.01. The smallest absolute Gasteiger partial charge is 0.224 e. The lowest BCUT2D eigenvalue weighted by Gasteiger charge is -2.12. The number of halogens is 2. The Morgan fingerprint density at radius 1 is 1.15 bits per heavy atom. The summed E-state index contributed by atoms with van der Waals surface area (Å²) in [5.74, 6) is 1.68. The molecule has 0 spiro atoms. The molecule has 0 aromatic heterocycles. The van der Waals surface area contributed by atoms with Gasteiger partial charge in [0.2, 0.25) is 5.91 Å². The van der Waals surface area contributed by atoms with Gasteiger partial charge in [-0.1, -0.05) is 29.3 Å². The largest absolute Gasteiger partial charge is 0.492 e. The zero-order valence-electron chi connectivity index (χ0n) is 14.1. The lowest BCUT2D eigenvalue weighted by atomic mass is 10.1. The van der Waals surface area contributed by atoms with Gasteiger partial charge in [-0.25, -0.2) is 0 Å². The number of benzene rings is 2. The van der Waals surface area contributed by atoms with Gasteiger partial charge in [0.05, 0.1) is 31.2 Å². The molecule has 1 aliphatic heterocycles. The van der Waals surface area contributed by atoms with E-state index < -0.39 is 0 Å². The first-order chi connectivity index (χ1) is 12.6. The molecule has 1 amide bonds. The second-order valence-electron chi connectivity index (χ2n) is 5.79. The highest BCUT2D eigenvalue weighted by atomic mass is 35.5. The maximum Gasteiger partial charge on any atom is 0.224 e. The predicted molar refractivity (Wildman–Crippen MR) is 101 cm³/mol. The Morgan fingerprint density at radius 3 is 2.85 bits per heavy atom. The molecule has 0 radical (unpaired) electrons. The van der Waals surface area contributed by atoms with Gasteiger partial charge in [0.25, 0.3) is 0 Å². The van der Waals surface area contributed by atoms with E-state index in [9.17, 15) is 4.79 Å². The van der Waals surface area contributed by atoms with Gasteiger partial charge < -0.3 is 19.5 Å². The summed E-state index contributed by atoms with van der Waals surface area (Å²) in [4.78, 5) is 12.1. The van der Waals surface area contributed by atoms with E-state index in [-0.39, 0.29) is 12.3 Å². The molecule has 138 valence electrons. The fraction of sp³-hybridized carbons (Fsp3) is 0.316. The summed E-state index contributed by atoms with van der Waals surface area (Å²) in [6, 6.07) is 10.7. The highest BCUT2D eigenvalue weighted by Gasteiger charge is 2.16. The molecule has 0 atom stereocenters. The van der Waals surface area contributed by atoms with Crippen LogP contribution in [0.5, 0.6) is 17.2 Å². The zero-order chi connectivity index (χ0) is 18.4. The lowest BCUT2D eigenvalue weighted by Crippen LogP contribution is -2.29. The molecule has 1 aliphatic rings. The first-order valence-corrected chi connectivity index (χ1v) is 9.10. The average molecular weight is 396 g/mol. The molecular weight excluding hydrogens is 377 g/mol. The molecule has 0 saturated carbocycles. The van der Waals surface area contributed by atoms with Crippen LogP contribution in [0, 0.1) is 0 Å². The standard InChI is InChI=1S/C19H19Cl2NO4/c20-14-3-1-4-15(12-14)24-8-5-22-18(23)11-13-9-16(21)19-17(10-13)25-6-2-7-26-19/h1,3-4,9-10,12H,2,5-8,11H2,(H,22,23). The van der Waals surface area contributed by atoms with Gasteiger partial charge in [-0.05, 0) is 35.9 Å². The fourth-order valence-corrected chi connectivity index (χ4v) is 3.02. The maximum atomic E-state index is 12.1. The minimum atomic E-state index is -0.120. The van der Waals surface area contributed by atoms with E-state index in [4.69, 9.17) is 37.4 Å². The topological polar surface area (TPSA) is 56.8 Å². The Morgan fingerprint density at radius 2 is 2.00 bits per heavy atom. The van der Waals surface area contributed by atoms with Crippen molar-refractivity contribution in [3.63, 3.8) is 0 Å². The number of carbonyl (C=O) groups is 1. The van der Waals surface area contributed by atoms with E-state index in [2.05, 4.69) is 5.32 Å². The van der Waals surface area contributed by atoms with Crippen molar-refractivity contribution in [1.82, 2.24) is 5.32 Å². The molecule has 0 saturated heterocycles. The molecule has 26 heavy (non-hydrogen) atoms. The van der Waals surface area contributed by atoms with Crippen molar-refractivity contribution in [2.75, 3.05) is 26.4 Å². The van der Waals surface area contributed by atoms with Crippen LogP contribution in [0.25, 0.3) is 0 Å². The van der Waals surface area contributed by atoms with Crippen LogP contribution >= 0.6 is 23.2 Å². The molecular formula is C19H19Cl2NO4. The maximum absolute atomic E-state index is 12.1. The van der Waals surface area contributed by atoms with E-state index in [1.165, 1.54) is 0 Å². The fourth-order valence-electron chi connectivity index (χ4n) is 2.55. The number of fused-ring (bicyclic) bond motifs is 1. The SMILES string of the molecule is O=C(Cc1cc(Cl)c2c(c1)OCCCO2)NCCOc1cccc(Cl)c1. The van der Waals surface area contributed by atoms with Crippen LogP contribution in [0.1, 0.15) is 12.0 Å². The number of nitrogens with one attached hydrogen (secondary N) is 1. The molecule has 3 rings (SSSR count). The Hall–Kier alpha value is -2.11. The molecule has 0 aliphatic carbocycles. The molecule has 2 aromatic rings. The third-order valence-electron chi connectivity index (χ3n) is 3.72. The summed E-state index contributed by atoms with van der Waals surface area (Å²) in [5.41, 5.74) is 0.771. The number of hydrogen-bond donors (Lipinski definition) is 1. The number of carbonyl (C=O) groups excluding carboxylic acids is 1. The van der Waals surface area contributed by atoms with Crippen molar-refractivity contribution in [2.45, 2.75) is 12.8 Å². The van der Waals surface area contributed by atoms with Crippen LogP contribution in [-0.2, 0) is 11.2 Å². The van der Waals surface area contributed by atoms with Crippen molar-refractivity contribution in [3.8, 4) is 17.2 Å². The highest BCUT2D eigenvalue weighted by Crippen LogP contribution is 2.38. The molecule has 0 bridgehead atoms. The summed E-state index contributed by atoms with van der Waals surface area (Å²) in [6.45, 7) is 1.89. The summed E-state index contributed by atoms with van der Waals surface area (Å²) < 4.78 is 16.8. The van der Waals surface area contributed by atoms with Crippen molar-refractivity contribution in [3.05, 3.63) is 52.0 Å². The van der Waals surface area contributed by atoms with Crippen molar-refractivity contribution < 1.29 is 19.0 Å². The molecule has 1 N–H and O–H groups in total. The van der Waals surface area contributed by atoms with Crippen molar-refractivity contribution in [2.24, 2.45) is 0 Å². The molecule has 0 fully saturated rings. The van der Waals surface area contributed by atoms with Crippen LogP contribution < -0.4 is 19.5 Å². The Balaban J connectivity index is 1.49. The van der Waals surface area contributed by atoms with Crippen molar-refractivity contribution in [1.29, 1.82) is 0 Å². The van der Waals surface area contributed by atoms with Crippen molar-refractivity contribution >= 4 is 29.1 Å². The van der Waals surface area contributed by atoms with Crippen LogP contribution in [0.4, 0.5) is 0 Å². The Bertz CT molecular complexity index is 782. The summed E-state index contributed by atoms with van der Waals surface area (Å²) in [7, 11) is 0. The number of amides is 1. The third-order valence-corrected chi connectivity index (χ3v) is 4.23. The van der Waals surface area contributed by atoms with Gasteiger partial charge in [-0.2, -0.15) is 0 Å². The van der Waals surface area contributed by atoms with E-state index in [0.717, 1.165) is 12.0 Å². The van der Waals surface area contributed by atoms with Crippen LogP contribution in [-0.4, -0.2) is 32.3 Å². The molecule has 1 heterocycles. The van der Waals surface area contributed by atoms with Gasteiger partial charge in [-0.15, -0.1) is 0 Å². The minimum absolute atomic E-state index is 0.120. The first-order valence-electron chi connectivity index (χ1n) is 8.35. The summed E-state index contributed by atoms with van der Waals surface area (Å²) in [5, 5.41) is 3.88. The highest BCUT2D eigenvalue weighted by molar-refractivity contribution is 6.32. The summed E-state index contributed by atoms with van der Waals surface area (Å²) in [6.07, 6.45) is 1.00. The minimum Gasteiger partial charge on any atom is -0.492 e. The van der Waals surface area contributed by atoms with E-state index in [0.29, 0.717) is 53.7 Å². The Kier molecular flexibility index (Phi) is 6.47. The van der Waals surface area contributed by atoms with Gasteiger partial charge in [0.1, 0.15) is 12.4 Å². The van der Waals surface area contributed by atoms with Gasteiger partial charge in [0.15, 0.2) is 11.5 Å². The molecule has 7 heteroatoms. The van der Waals surface area contributed by atoms with Crippen LogP contribution in [0.15, 0.2) is 36.4 Å². The summed E-state index contributed by atoms with van der Waals surface area (Å²) >= 11 is 12.1. The Labute approximate surface area is 162 Å². The predicted octanol–water partition coefficient (Wildman–Crippen LogP) is 3.89.